The molecule has 0 saturated carbocycles. The largest absolute Gasteiger partial charge is 0.462 e. The fraction of sp³-hybridized carbons (Fsp3) is 0.545. The first-order valence-electron chi connectivity index (χ1n) is 5.61. The van der Waals surface area contributed by atoms with Gasteiger partial charge in [-0.2, -0.15) is 11.8 Å². The lowest BCUT2D eigenvalue weighted by molar-refractivity contribution is 0.0522. The second kappa shape index (κ2) is 6.36. The van der Waals surface area contributed by atoms with E-state index in [0.717, 1.165) is 11.5 Å². The van der Waals surface area contributed by atoms with E-state index < -0.39 is 5.97 Å². The van der Waals surface area contributed by atoms with Gasteiger partial charge >= 0.3 is 5.97 Å². The average molecular weight is 289 g/mol. The first-order valence-corrected chi connectivity index (χ1v) is 7.14. The molecule has 1 aromatic rings. The Balaban J connectivity index is 2.16. The molecule has 0 amide bonds. The Bertz CT molecular complexity index is 438. The van der Waals surface area contributed by atoms with Crippen LogP contribution in [0, 0.1) is 0 Å². The maximum absolute atomic E-state index is 11.5. The van der Waals surface area contributed by atoms with Gasteiger partial charge in [0.25, 0.3) is 0 Å². The second-order valence-corrected chi connectivity index (χ2v) is 5.10. The van der Waals surface area contributed by atoms with Crippen LogP contribution in [0.5, 0.6) is 0 Å². The van der Waals surface area contributed by atoms with Gasteiger partial charge < -0.3 is 9.47 Å². The zero-order valence-corrected chi connectivity index (χ0v) is 11.5. The summed E-state index contributed by atoms with van der Waals surface area (Å²) in [6, 6.07) is 0. The number of hydrogen-bond donors (Lipinski definition) is 0. The van der Waals surface area contributed by atoms with Crippen molar-refractivity contribution in [1.29, 1.82) is 0 Å². The van der Waals surface area contributed by atoms with Crippen molar-refractivity contribution in [1.82, 2.24) is 9.97 Å². The number of esters is 1. The molecule has 0 N–H and O–H groups in total. The van der Waals surface area contributed by atoms with Crippen LogP contribution in [0.4, 0.5) is 0 Å². The Hall–Kier alpha value is -0.850. The van der Waals surface area contributed by atoms with Crippen LogP contribution in [0.2, 0.25) is 5.15 Å². The van der Waals surface area contributed by atoms with Gasteiger partial charge in [-0.1, -0.05) is 11.6 Å². The van der Waals surface area contributed by atoms with Crippen LogP contribution < -0.4 is 0 Å². The molecule has 0 radical (unpaired) electrons. The van der Waals surface area contributed by atoms with Gasteiger partial charge in [0.05, 0.1) is 13.2 Å². The lowest BCUT2D eigenvalue weighted by atomic mass is 10.3. The minimum atomic E-state index is -0.506. The van der Waals surface area contributed by atoms with E-state index in [1.165, 1.54) is 6.20 Å². The zero-order valence-electron chi connectivity index (χ0n) is 9.89. The molecule has 1 fully saturated rings. The van der Waals surface area contributed by atoms with Crippen LogP contribution in [0.25, 0.3) is 0 Å². The lowest BCUT2D eigenvalue weighted by Crippen LogP contribution is -2.19. The summed E-state index contributed by atoms with van der Waals surface area (Å²) in [7, 11) is 0. The molecule has 0 aromatic carbocycles. The maximum atomic E-state index is 11.5. The van der Waals surface area contributed by atoms with Crippen molar-refractivity contribution < 1.29 is 14.3 Å². The van der Waals surface area contributed by atoms with E-state index in [0.29, 0.717) is 19.0 Å². The molecule has 7 heteroatoms. The van der Waals surface area contributed by atoms with E-state index in [-0.39, 0.29) is 16.8 Å². The van der Waals surface area contributed by atoms with Crippen molar-refractivity contribution in [3.8, 4) is 0 Å². The molecule has 2 heterocycles. The van der Waals surface area contributed by atoms with Crippen LogP contribution in [0.15, 0.2) is 6.20 Å². The maximum Gasteiger partial charge on any atom is 0.342 e. The molecule has 1 aliphatic rings. The van der Waals surface area contributed by atoms with Gasteiger partial charge in [0.15, 0.2) is 5.82 Å². The molecular weight excluding hydrogens is 276 g/mol. The van der Waals surface area contributed by atoms with E-state index >= 15 is 0 Å². The molecule has 1 unspecified atom stereocenters. The summed E-state index contributed by atoms with van der Waals surface area (Å²) in [5.41, 5.74) is 0.186. The summed E-state index contributed by atoms with van der Waals surface area (Å²) in [6.07, 6.45) is 1.24. The summed E-state index contributed by atoms with van der Waals surface area (Å²) in [6.45, 7) is 2.70. The van der Waals surface area contributed by atoms with Crippen molar-refractivity contribution in [3.63, 3.8) is 0 Å². The fourth-order valence-corrected chi connectivity index (χ4v) is 2.56. The third kappa shape index (κ3) is 3.13. The Labute approximate surface area is 114 Å². The average Bonchev–Trinajstić information content (AvgIpc) is 2.40. The normalized spacial score (nSPS) is 19.6. The SMILES string of the molecule is CCOC(=O)c1cnc(C2CSCCO2)nc1Cl. The number of thioether (sulfide) groups is 1. The quantitative estimate of drug-likeness (QED) is 0.627. The van der Waals surface area contributed by atoms with Crippen LogP contribution in [-0.4, -0.2) is 40.7 Å². The Morgan fingerprint density at radius 2 is 2.56 bits per heavy atom. The van der Waals surface area contributed by atoms with Gasteiger partial charge in [-0.25, -0.2) is 14.8 Å². The standard InChI is InChI=1S/C11H13ClN2O3S/c1-2-16-11(15)7-5-13-10(14-9(7)12)8-6-18-4-3-17-8/h5,8H,2-4,6H2,1H3. The second-order valence-electron chi connectivity index (χ2n) is 3.59. The summed E-state index contributed by atoms with van der Waals surface area (Å²) in [5, 5.41) is 0.109. The smallest absolute Gasteiger partial charge is 0.342 e. The first kappa shape index (κ1) is 13.6. The number of halogens is 1. The number of carbonyl (C=O) groups excluding carboxylic acids is 1. The number of hydrogen-bond acceptors (Lipinski definition) is 6. The summed E-state index contributed by atoms with van der Waals surface area (Å²) in [5.74, 6) is 1.79. The third-order valence-electron chi connectivity index (χ3n) is 2.36. The number of ether oxygens (including phenoxy) is 2. The Morgan fingerprint density at radius 3 is 3.17 bits per heavy atom. The van der Waals surface area contributed by atoms with Gasteiger partial charge in [0.2, 0.25) is 0 Å². The summed E-state index contributed by atoms with van der Waals surface area (Å²) in [4.78, 5) is 19.8. The van der Waals surface area contributed by atoms with Crippen molar-refractivity contribution in [2.75, 3.05) is 24.7 Å². The molecule has 1 aliphatic heterocycles. The minimum Gasteiger partial charge on any atom is -0.462 e. The molecule has 1 saturated heterocycles. The van der Waals surface area contributed by atoms with Gasteiger partial charge in [0, 0.05) is 17.7 Å². The summed E-state index contributed by atoms with van der Waals surface area (Å²) < 4.78 is 10.4. The van der Waals surface area contributed by atoms with E-state index in [9.17, 15) is 4.79 Å². The van der Waals surface area contributed by atoms with Crippen molar-refractivity contribution in [2.24, 2.45) is 0 Å². The van der Waals surface area contributed by atoms with Crippen LogP contribution in [0.3, 0.4) is 0 Å². The van der Waals surface area contributed by atoms with Crippen molar-refractivity contribution >= 4 is 29.3 Å². The predicted molar refractivity (Wildman–Crippen MR) is 69.0 cm³/mol. The van der Waals surface area contributed by atoms with Crippen molar-refractivity contribution in [2.45, 2.75) is 13.0 Å². The number of aromatic nitrogens is 2. The highest BCUT2D eigenvalue weighted by Crippen LogP contribution is 2.25. The predicted octanol–water partition coefficient (Wildman–Crippen LogP) is 2.11. The topological polar surface area (TPSA) is 61.3 Å². The van der Waals surface area contributed by atoms with Gasteiger partial charge in [-0.3, -0.25) is 0 Å². The zero-order chi connectivity index (χ0) is 13.0. The molecule has 0 bridgehead atoms. The first-order chi connectivity index (χ1) is 8.72. The highest BCUT2D eigenvalue weighted by Gasteiger charge is 2.22. The molecular formula is C11H13ClN2O3S. The lowest BCUT2D eigenvalue weighted by Gasteiger charge is -2.21. The molecule has 5 nitrogen and oxygen atoms in total. The van der Waals surface area contributed by atoms with Crippen molar-refractivity contribution in [3.05, 3.63) is 22.7 Å². The molecule has 1 atom stereocenters. The van der Waals surface area contributed by atoms with Gasteiger partial charge in [-0.05, 0) is 6.92 Å². The van der Waals surface area contributed by atoms with E-state index in [1.807, 2.05) is 0 Å². The summed E-state index contributed by atoms with van der Waals surface area (Å²) >= 11 is 7.75. The highest BCUT2D eigenvalue weighted by molar-refractivity contribution is 7.99. The molecule has 1 aromatic heterocycles. The minimum absolute atomic E-state index is 0.109. The fourth-order valence-electron chi connectivity index (χ4n) is 1.51. The Kier molecular flexibility index (Phi) is 4.79. The number of rotatable bonds is 3. The third-order valence-corrected chi connectivity index (χ3v) is 3.64. The van der Waals surface area contributed by atoms with E-state index in [4.69, 9.17) is 21.1 Å². The van der Waals surface area contributed by atoms with Gasteiger partial charge in [-0.15, -0.1) is 0 Å². The Morgan fingerprint density at radius 1 is 1.72 bits per heavy atom. The molecule has 2 rings (SSSR count). The van der Waals surface area contributed by atoms with Crippen LogP contribution >= 0.6 is 23.4 Å². The number of nitrogens with zero attached hydrogens (tertiary/aromatic N) is 2. The van der Waals surface area contributed by atoms with Gasteiger partial charge in [0.1, 0.15) is 16.8 Å². The molecule has 98 valence electrons. The number of carbonyl (C=O) groups is 1. The molecule has 0 aliphatic carbocycles. The molecule has 0 spiro atoms. The van der Waals surface area contributed by atoms with E-state index in [2.05, 4.69) is 9.97 Å². The monoisotopic (exact) mass is 288 g/mol. The highest BCUT2D eigenvalue weighted by atomic mass is 35.5. The van der Waals surface area contributed by atoms with E-state index in [1.54, 1.807) is 18.7 Å². The molecule has 18 heavy (non-hydrogen) atoms. The van der Waals surface area contributed by atoms with Crippen LogP contribution in [0.1, 0.15) is 29.2 Å². The van der Waals surface area contributed by atoms with Crippen LogP contribution in [-0.2, 0) is 9.47 Å².